The molecule has 0 spiro atoms. The first-order valence-corrected chi connectivity index (χ1v) is 6.40. The van der Waals surface area contributed by atoms with E-state index in [-0.39, 0.29) is 5.91 Å². The number of aromatic nitrogens is 1. The first-order chi connectivity index (χ1) is 8.25. The van der Waals surface area contributed by atoms with Crippen LogP contribution in [0.3, 0.4) is 0 Å². The molecule has 2 fully saturated rings. The fourth-order valence-electron chi connectivity index (χ4n) is 3.13. The van der Waals surface area contributed by atoms with Gasteiger partial charge >= 0.3 is 0 Å². The van der Waals surface area contributed by atoms with E-state index in [2.05, 4.69) is 16.9 Å². The minimum absolute atomic E-state index is 0.149. The first-order valence-electron chi connectivity index (χ1n) is 6.40. The number of hydrogen-bond donors (Lipinski definition) is 1. The predicted molar refractivity (Wildman–Crippen MR) is 65.9 cm³/mol. The van der Waals surface area contributed by atoms with Crippen molar-refractivity contribution < 1.29 is 4.79 Å². The fourth-order valence-corrected chi connectivity index (χ4v) is 3.13. The smallest absolute Gasteiger partial charge is 0.270 e. The molecule has 2 aliphatic rings. The number of rotatable bonds is 1. The van der Waals surface area contributed by atoms with Gasteiger partial charge in [-0.2, -0.15) is 0 Å². The SMILES string of the molecule is CN1[C@@H]2CC[C@H]1CN(C(=O)c1ccc[nH]1)CC2. The van der Waals surface area contributed by atoms with Gasteiger partial charge in [-0.1, -0.05) is 0 Å². The molecule has 1 amide bonds. The largest absolute Gasteiger partial charge is 0.357 e. The zero-order valence-electron chi connectivity index (χ0n) is 10.2. The van der Waals surface area contributed by atoms with E-state index >= 15 is 0 Å². The van der Waals surface area contributed by atoms with E-state index in [1.165, 1.54) is 12.8 Å². The second-order valence-electron chi connectivity index (χ2n) is 5.17. The van der Waals surface area contributed by atoms with Crippen LogP contribution in [-0.2, 0) is 0 Å². The van der Waals surface area contributed by atoms with Crippen molar-refractivity contribution in [2.24, 2.45) is 0 Å². The summed E-state index contributed by atoms with van der Waals surface area (Å²) >= 11 is 0. The monoisotopic (exact) mass is 233 g/mol. The van der Waals surface area contributed by atoms with Crippen LogP contribution in [0.4, 0.5) is 0 Å². The molecule has 2 atom stereocenters. The van der Waals surface area contributed by atoms with Crippen molar-refractivity contribution in [1.82, 2.24) is 14.8 Å². The van der Waals surface area contributed by atoms with Crippen LogP contribution >= 0.6 is 0 Å². The lowest BCUT2D eigenvalue weighted by Gasteiger charge is -2.25. The number of likely N-dealkylation sites (N-methyl/N-ethyl adjacent to an activating group) is 1. The van der Waals surface area contributed by atoms with Gasteiger partial charge in [0.05, 0.1) is 0 Å². The number of nitrogens with one attached hydrogen (secondary N) is 1. The van der Waals surface area contributed by atoms with E-state index in [1.807, 2.05) is 23.2 Å². The number of fused-ring (bicyclic) bond motifs is 2. The van der Waals surface area contributed by atoms with Crippen LogP contribution in [0, 0.1) is 0 Å². The molecule has 2 saturated heterocycles. The molecule has 0 radical (unpaired) electrons. The van der Waals surface area contributed by atoms with Crippen LogP contribution in [0.5, 0.6) is 0 Å². The summed E-state index contributed by atoms with van der Waals surface area (Å²) in [7, 11) is 2.20. The van der Waals surface area contributed by atoms with Gasteiger partial charge in [0, 0.05) is 31.4 Å². The van der Waals surface area contributed by atoms with Gasteiger partial charge in [0.1, 0.15) is 5.69 Å². The van der Waals surface area contributed by atoms with Crippen molar-refractivity contribution in [3.05, 3.63) is 24.0 Å². The zero-order valence-corrected chi connectivity index (χ0v) is 10.2. The van der Waals surface area contributed by atoms with Crippen molar-refractivity contribution in [2.75, 3.05) is 20.1 Å². The Labute approximate surface area is 102 Å². The topological polar surface area (TPSA) is 39.3 Å². The maximum atomic E-state index is 12.3. The standard InChI is InChI=1S/C13H19N3O/c1-15-10-4-5-11(15)9-16(8-6-10)13(17)12-3-2-7-14-12/h2-3,7,10-11,14H,4-6,8-9H2,1H3/t10-,11+/m1/s1. The van der Waals surface area contributed by atoms with Crippen LogP contribution in [0.25, 0.3) is 0 Å². The van der Waals surface area contributed by atoms with Gasteiger partial charge in [-0.3, -0.25) is 9.69 Å². The normalized spacial score (nSPS) is 29.4. The molecule has 92 valence electrons. The summed E-state index contributed by atoms with van der Waals surface area (Å²) in [6.45, 7) is 1.77. The molecule has 0 aliphatic carbocycles. The molecule has 3 rings (SSSR count). The van der Waals surface area contributed by atoms with Gasteiger partial charge in [0.15, 0.2) is 0 Å². The van der Waals surface area contributed by atoms with Gasteiger partial charge in [0.2, 0.25) is 0 Å². The second-order valence-corrected chi connectivity index (χ2v) is 5.17. The third kappa shape index (κ3) is 1.86. The van der Waals surface area contributed by atoms with E-state index in [0.717, 1.165) is 19.5 Å². The predicted octanol–water partition coefficient (Wildman–Crippen LogP) is 1.32. The summed E-state index contributed by atoms with van der Waals surface area (Å²) in [5.41, 5.74) is 0.713. The minimum Gasteiger partial charge on any atom is -0.357 e. The number of carbonyl (C=O) groups is 1. The number of nitrogens with zero attached hydrogens (tertiary/aromatic N) is 2. The number of hydrogen-bond acceptors (Lipinski definition) is 2. The summed E-state index contributed by atoms with van der Waals surface area (Å²) in [5, 5.41) is 0. The number of aromatic amines is 1. The van der Waals surface area contributed by atoms with Gasteiger partial charge < -0.3 is 9.88 Å². The van der Waals surface area contributed by atoms with E-state index < -0.39 is 0 Å². The first kappa shape index (κ1) is 10.8. The molecule has 17 heavy (non-hydrogen) atoms. The molecule has 2 bridgehead atoms. The van der Waals surface area contributed by atoms with Crippen molar-refractivity contribution >= 4 is 5.91 Å². The van der Waals surface area contributed by atoms with Crippen LogP contribution in [0.2, 0.25) is 0 Å². The van der Waals surface area contributed by atoms with Crippen molar-refractivity contribution in [2.45, 2.75) is 31.3 Å². The lowest BCUT2D eigenvalue weighted by atomic mass is 10.1. The summed E-state index contributed by atoms with van der Waals surface area (Å²) in [6.07, 6.45) is 5.45. The third-order valence-electron chi connectivity index (χ3n) is 4.26. The Kier molecular flexibility index (Phi) is 2.67. The summed E-state index contributed by atoms with van der Waals surface area (Å²) in [4.78, 5) is 19.7. The summed E-state index contributed by atoms with van der Waals surface area (Å²) < 4.78 is 0. The number of H-pyrrole nitrogens is 1. The van der Waals surface area contributed by atoms with Crippen LogP contribution in [-0.4, -0.2) is 52.9 Å². The van der Waals surface area contributed by atoms with Gasteiger partial charge in [-0.05, 0) is 38.4 Å². The van der Waals surface area contributed by atoms with Crippen molar-refractivity contribution in [3.8, 4) is 0 Å². The molecule has 0 aromatic carbocycles. The minimum atomic E-state index is 0.149. The Hall–Kier alpha value is -1.29. The van der Waals surface area contributed by atoms with Crippen LogP contribution < -0.4 is 0 Å². The highest BCUT2D eigenvalue weighted by Crippen LogP contribution is 2.28. The molecular weight excluding hydrogens is 214 g/mol. The van der Waals surface area contributed by atoms with E-state index in [9.17, 15) is 4.79 Å². The molecular formula is C13H19N3O. The Morgan fingerprint density at radius 2 is 2.18 bits per heavy atom. The van der Waals surface area contributed by atoms with Gasteiger partial charge in [-0.15, -0.1) is 0 Å². The van der Waals surface area contributed by atoms with Crippen molar-refractivity contribution in [1.29, 1.82) is 0 Å². The fraction of sp³-hybridized carbons (Fsp3) is 0.615. The Morgan fingerprint density at radius 1 is 1.35 bits per heavy atom. The number of likely N-dealkylation sites (tertiary alicyclic amines) is 1. The maximum absolute atomic E-state index is 12.3. The van der Waals surface area contributed by atoms with Crippen molar-refractivity contribution in [3.63, 3.8) is 0 Å². The lowest BCUT2D eigenvalue weighted by Crippen LogP contribution is -2.39. The average molecular weight is 233 g/mol. The molecule has 0 unspecified atom stereocenters. The molecule has 1 aromatic heterocycles. The molecule has 1 aromatic rings. The van der Waals surface area contributed by atoms with E-state index in [4.69, 9.17) is 0 Å². The van der Waals surface area contributed by atoms with Crippen LogP contribution in [0.15, 0.2) is 18.3 Å². The van der Waals surface area contributed by atoms with E-state index in [1.54, 1.807) is 0 Å². The number of amides is 1. The molecule has 0 saturated carbocycles. The molecule has 1 N–H and O–H groups in total. The highest BCUT2D eigenvalue weighted by molar-refractivity contribution is 5.92. The number of carbonyl (C=O) groups excluding carboxylic acids is 1. The van der Waals surface area contributed by atoms with Crippen LogP contribution in [0.1, 0.15) is 29.8 Å². The quantitative estimate of drug-likeness (QED) is 0.794. The van der Waals surface area contributed by atoms with Gasteiger partial charge in [-0.25, -0.2) is 0 Å². The highest BCUT2D eigenvalue weighted by atomic mass is 16.2. The molecule has 2 aliphatic heterocycles. The zero-order chi connectivity index (χ0) is 11.8. The highest BCUT2D eigenvalue weighted by Gasteiger charge is 2.36. The maximum Gasteiger partial charge on any atom is 0.270 e. The Balaban J connectivity index is 1.75. The molecule has 4 nitrogen and oxygen atoms in total. The lowest BCUT2D eigenvalue weighted by molar-refractivity contribution is 0.0735. The van der Waals surface area contributed by atoms with Gasteiger partial charge in [0.25, 0.3) is 5.91 Å². The molecule has 4 heteroatoms. The second kappa shape index (κ2) is 4.18. The summed E-state index contributed by atoms with van der Waals surface area (Å²) in [6, 6.07) is 4.97. The average Bonchev–Trinajstić information content (AvgIpc) is 2.88. The molecule has 3 heterocycles. The third-order valence-corrected chi connectivity index (χ3v) is 4.26. The summed E-state index contributed by atoms with van der Waals surface area (Å²) in [5.74, 6) is 0.149. The Bertz CT molecular complexity index is 401. The Morgan fingerprint density at radius 3 is 2.94 bits per heavy atom. The van der Waals surface area contributed by atoms with E-state index in [0.29, 0.717) is 17.8 Å².